The third-order valence-electron chi connectivity index (χ3n) is 3.20. The highest BCUT2D eigenvalue weighted by atomic mass is 16.6. The van der Waals surface area contributed by atoms with Crippen molar-refractivity contribution in [3.8, 4) is 0 Å². The Balaban J connectivity index is 2.90. The molecule has 0 spiro atoms. The van der Waals surface area contributed by atoms with Gasteiger partial charge in [0.15, 0.2) is 11.5 Å². The van der Waals surface area contributed by atoms with Crippen molar-refractivity contribution in [1.29, 1.82) is 0 Å². The highest BCUT2D eigenvalue weighted by Gasteiger charge is 2.22. The van der Waals surface area contributed by atoms with Crippen LogP contribution >= 0.6 is 0 Å². The van der Waals surface area contributed by atoms with Crippen LogP contribution in [-0.4, -0.2) is 58.9 Å². The number of nitrogens with one attached hydrogen (secondary N) is 1. The van der Waals surface area contributed by atoms with E-state index >= 15 is 0 Å². The van der Waals surface area contributed by atoms with Crippen molar-refractivity contribution in [2.75, 3.05) is 18.9 Å². The van der Waals surface area contributed by atoms with Gasteiger partial charge in [0.2, 0.25) is 5.91 Å². The molecule has 0 aliphatic carbocycles. The van der Waals surface area contributed by atoms with E-state index in [-0.39, 0.29) is 30.5 Å². The third-order valence-corrected chi connectivity index (χ3v) is 3.20. The van der Waals surface area contributed by atoms with Crippen LogP contribution in [0.4, 0.5) is 10.6 Å². The minimum Gasteiger partial charge on any atom is -0.461 e. The molecule has 2 amide bonds. The highest BCUT2D eigenvalue weighted by molar-refractivity contribution is 5.91. The fourth-order valence-electron chi connectivity index (χ4n) is 1.90. The first-order valence-corrected chi connectivity index (χ1v) is 8.54. The first-order valence-electron chi connectivity index (χ1n) is 8.54. The summed E-state index contributed by atoms with van der Waals surface area (Å²) in [6, 6.07) is -1.10. The molecule has 1 unspecified atom stereocenters. The molecule has 28 heavy (non-hydrogen) atoms. The Morgan fingerprint density at radius 3 is 2.46 bits per heavy atom. The minimum atomic E-state index is -1.10. The van der Waals surface area contributed by atoms with E-state index in [1.807, 2.05) is 0 Å². The van der Waals surface area contributed by atoms with Crippen LogP contribution in [0.3, 0.4) is 0 Å². The lowest BCUT2D eigenvalue weighted by Crippen LogP contribution is -2.48. The predicted octanol–water partition coefficient (Wildman–Crippen LogP) is 0.341. The van der Waals surface area contributed by atoms with Crippen molar-refractivity contribution in [3.63, 3.8) is 0 Å². The van der Waals surface area contributed by atoms with Crippen LogP contribution in [-0.2, 0) is 14.3 Å². The van der Waals surface area contributed by atoms with Crippen molar-refractivity contribution in [1.82, 2.24) is 15.3 Å². The molecule has 1 heterocycles. The van der Waals surface area contributed by atoms with Crippen molar-refractivity contribution in [2.24, 2.45) is 10.7 Å². The molecule has 1 atom stereocenters. The molecule has 0 fully saturated rings. The number of nitrogens with two attached hydrogens (primary N) is 2. The lowest BCUT2D eigenvalue weighted by molar-refractivity contribution is -0.119. The summed E-state index contributed by atoms with van der Waals surface area (Å²) in [5, 5.41) is 2.34. The fourth-order valence-corrected chi connectivity index (χ4v) is 1.90. The molecule has 154 valence electrons. The van der Waals surface area contributed by atoms with Gasteiger partial charge in [-0.15, -0.1) is 0 Å². The number of hydrogen-bond donors (Lipinski definition) is 3. The quantitative estimate of drug-likeness (QED) is 0.438. The molecule has 5 N–H and O–H groups in total. The monoisotopic (exact) mass is 394 g/mol. The van der Waals surface area contributed by atoms with Crippen molar-refractivity contribution in [3.05, 3.63) is 17.1 Å². The van der Waals surface area contributed by atoms with Crippen LogP contribution in [0.2, 0.25) is 0 Å². The molecule has 1 rings (SSSR count). The second-order valence-electron chi connectivity index (χ2n) is 6.76. The number of ether oxygens (including phenoxy) is 2. The van der Waals surface area contributed by atoms with Gasteiger partial charge in [-0.25, -0.2) is 19.6 Å². The zero-order valence-electron chi connectivity index (χ0n) is 16.6. The third kappa shape index (κ3) is 7.17. The van der Waals surface area contributed by atoms with Crippen LogP contribution < -0.4 is 16.8 Å². The second kappa shape index (κ2) is 9.62. The number of rotatable bonds is 7. The molecular formula is C17H26N6O5. The molecule has 0 aliphatic heterocycles. The average Bonchev–Trinajstić information content (AvgIpc) is 2.55. The van der Waals surface area contributed by atoms with Gasteiger partial charge in [0.1, 0.15) is 17.5 Å². The largest absolute Gasteiger partial charge is 0.461 e. The van der Waals surface area contributed by atoms with Crippen molar-refractivity contribution in [2.45, 2.75) is 46.3 Å². The molecule has 0 aliphatic rings. The minimum absolute atomic E-state index is 0.0223. The maximum Gasteiger partial charge on any atom is 0.408 e. The van der Waals surface area contributed by atoms with Gasteiger partial charge >= 0.3 is 12.1 Å². The van der Waals surface area contributed by atoms with E-state index in [0.29, 0.717) is 5.56 Å². The molecular weight excluding hydrogens is 368 g/mol. The molecule has 11 nitrogen and oxygen atoms in total. The Hall–Kier alpha value is -3.24. The number of aromatic nitrogens is 2. The van der Waals surface area contributed by atoms with E-state index in [9.17, 15) is 14.4 Å². The summed E-state index contributed by atoms with van der Waals surface area (Å²) in [5.41, 5.74) is 10.7. The SMILES string of the molecule is CCOC(=O)c1nc(C=NCC(NC(=O)OC(C)(C)C)C(N)=O)nc(N)c1C. The van der Waals surface area contributed by atoms with Gasteiger partial charge in [0.05, 0.1) is 19.4 Å². The van der Waals surface area contributed by atoms with Crippen LogP contribution in [0.5, 0.6) is 0 Å². The zero-order valence-corrected chi connectivity index (χ0v) is 16.6. The van der Waals surface area contributed by atoms with Gasteiger partial charge < -0.3 is 26.3 Å². The number of nitrogen functional groups attached to an aromatic ring is 1. The second-order valence-corrected chi connectivity index (χ2v) is 6.76. The van der Waals surface area contributed by atoms with Crippen LogP contribution in [0.15, 0.2) is 4.99 Å². The molecule has 0 saturated carbocycles. The Morgan fingerprint density at radius 2 is 1.93 bits per heavy atom. The molecule has 0 bridgehead atoms. The van der Waals surface area contributed by atoms with E-state index in [4.69, 9.17) is 20.9 Å². The highest BCUT2D eigenvalue weighted by Crippen LogP contribution is 2.13. The Kier molecular flexibility index (Phi) is 7.84. The van der Waals surface area contributed by atoms with Crippen LogP contribution in [0, 0.1) is 6.92 Å². The number of amides is 2. The van der Waals surface area contributed by atoms with Crippen molar-refractivity contribution >= 4 is 30.0 Å². The van der Waals surface area contributed by atoms with Crippen molar-refractivity contribution < 1.29 is 23.9 Å². The number of carbonyl (C=O) groups excluding carboxylic acids is 3. The number of hydrogen-bond acceptors (Lipinski definition) is 9. The number of carbonyl (C=O) groups is 3. The summed E-state index contributed by atoms with van der Waals surface area (Å²) < 4.78 is 10.00. The predicted molar refractivity (Wildman–Crippen MR) is 102 cm³/mol. The van der Waals surface area contributed by atoms with E-state index in [2.05, 4.69) is 20.3 Å². The molecule has 11 heteroatoms. The first-order chi connectivity index (χ1) is 12.9. The summed E-state index contributed by atoms with van der Waals surface area (Å²) >= 11 is 0. The Bertz CT molecular complexity index is 772. The number of alkyl carbamates (subject to hydrolysis) is 1. The summed E-state index contributed by atoms with van der Waals surface area (Å²) in [4.78, 5) is 47.3. The van der Waals surface area contributed by atoms with E-state index in [1.54, 1.807) is 34.6 Å². The Labute approximate surface area is 162 Å². The lowest BCUT2D eigenvalue weighted by atomic mass is 10.2. The van der Waals surface area contributed by atoms with Crippen LogP contribution in [0.1, 0.15) is 49.6 Å². The standard InChI is InChI=1S/C17H26N6O5/c1-6-27-15(25)12-9(2)13(18)23-11(22-12)8-20-7-10(14(19)24)21-16(26)28-17(3,4)5/h8,10H,6-7H2,1-5H3,(H2,19,24)(H,21,26)(H2,18,22,23). The zero-order chi connectivity index (χ0) is 21.5. The molecule has 0 aromatic carbocycles. The lowest BCUT2D eigenvalue weighted by Gasteiger charge is -2.21. The first kappa shape index (κ1) is 22.8. The average molecular weight is 394 g/mol. The topological polar surface area (TPSA) is 172 Å². The summed E-state index contributed by atoms with van der Waals surface area (Å²) in [6.45, 7) is 8.32. The maximum atomic E-state index is 11.9. The number of aliphatic imine (C=N–C) groups is 1. The molecule has 0 radical (unpaired) electrons. The fraction of sp³-hybridized carbons (Fsp3) is 0.529. The molecule has 0 saturated heterocycles. The molecule has 1 aromatic heterocycles. The van der Waals surface area contributed by atoms with Gasteiger partial charge in [-0.2, -0.15) is 0 Å². The Morgan fingerprint density at radius 1 is 1.29 bits per heavy atom. The summed E-state index contributed by atoms with van der Waals surface area (Å²) in [7, 11) is 0. The maximum absolute atomic E-state index is 11.9. The summed E-state index contributed by atoms with van der Waals surface area (Å²) in [6.07, 6.45) is 0.414. The number of primary amides is 1. The van der Waals surface area contributed by atoms with Gasteiger partial charge in [0.25, 0.3) is 0 Å². The summed E-state index contributed by atoms with van der Waals surface area (Å²) in [5.74, 6) is -1.28. The van der Waals surface area contributed by atoms with Gasteiger partial charge in [0, 0.05) is 5.56 Å². The number of anilines is 1. The van der Waals surface area contributed by atoms with E-state index in [1.165, 1.54) is 6.21 Å². The smallest absolute Gasteiger partial charge is 0.408 e. The van der Waals surface area contributed by atoms with Gasteiger partial charge in [-0.3, -0.25) is 9.79 Å². The van der Waals surface area contributed by atoms with Crippen LogP contribution in [0.25, 0.3) is 0 Å². The van der Waals surface area contributed by atoms with Gasteiger partial charge in [-0.05, 0) is 34.6 Å². The van der Waals surface area contributed by atoms with E-state index in [0.717, 1.165) is 0 Å². The molecule has 1 aromatic rings. The number of nitrogens with zero attached hydrogens (tertiary/aromatic N) is 3. The number of esters is 1. The van der Waals surface area contributed by atoms with E-state index < -0.39 is 29.6 Å². The van der Waals surface area contributed by atoms with Gasteiger partial charge in [-0.1, -0.05) is 0 Å². The normalized spacial score (nSPS) is 12.5.